The smallest absolute Gasteiger partial charge is 1.00 e. The van der Waals surface area contributed by atoms with Gasteiger partial charge in [-0.25, -0.2) is 8.37 Å². The molecule has 0 saturated heterocycles. The molecule has 0 heterocycles. The SMILES string of the molecule is CCCCCCCCCCCCOS(=O)(=O)OCCCO.[H-].[Na+]. The van der Waals surface area contributed by atoms with Gasteiger partial charge < -0.3 is 6.53 Å². The number of hydrogen-bond donors (Lipinski definition) is 1. The van der Waals surface area contributed by atoms with Gasteiger partial charge in [0.25, 0.3) is 0 Å². The number of unbranched alkanes of at least 4 members (excludes halogenated alkanes) is 9. The van der Waals surface area contributed by atoms with E-state index in [4.69, 9.17) is 9.29 Å². The molecule has 0 fully saturated rings. The molecule has 5 nitrogen and oxygen atoms in total. The van der Waals surface area contributed by atoms with Crippen LogP contribution in [0.3, 0.4) is 0 Å². The average molecular weight is 348 g/mol. The van der Waals surface area contributed by atoms with E-state index in [0.29, 0.717) is 6.42 Å². The predicted molar refractivity (Wildman–Crippen MR) is 85.5 cm³/mol. The van der Waals surface area contributed by atoms with Gasteiger partial charge >= 0.3 is 40.0 Å². The Bertz CT molecular complexity index is 315. The van der Waals surface area contributed by atoms with Crippen molar-refractivity contribution in [1.82, 2.24) is 0 Å². The molecule has 0 atom stereocenters. The topological polar surface area (TPSA) is 72.8 Å². The van der Waals surface area contributed by atoms with Crippen LogP contribution in [-0.4, -0.2) is 33.3 Å². The van der Waals surface area contributed by atoms with Crippen LogP contribution < -0.4 is 29.6 Å². The first kappa shape index (κ1) is 25.1. The van der Waals surface area contributed by atoms with Crippen molar-refractivity contribution in [2.45, 2.75) is 77.6 Å². The number of rotatable bonds is 16. The van der Waals surface area contributed by atoms with E-state index in [9.17, 15) is 8.42 Å². The van der Waals surface area contributed by atoms with Gasteiger partial charge in [-0.05, 0) is 12.8 Å². The van der Waals surface area contributed by atoms with E-state index in [-0.39, 0.29) is 50.8 Å². The second-order valence-corrected chi connectivity index (χ2v) is 6.60. The van der Waals surface area contributed by atoms with Crippen molar-refractivity contribution >= 4 is 10.4 Å². The Morgan fingerprint density at radius 3 is 1.64 bits per heavy atom. The maximum absolute atomic E-state index is 11.2. The minimum atomic E-state index is -3.88. The van der Waals surface area contributed by atoms with Crippen LogP contribution in [0.15, 0.2) is 0 Å². The van der Waals surface area contributed by atoms with Gasteiger partial charge in [-0.3, -0.25) is 0 Å². The van der Waals surface area contributed by atoms with Gasteiger partial charge in [-0.15, -0.1) is 0 Å². The van der Waals surface area contributed by atoms with Crippen molar-refractivity contribution < 1.29 is 52.9 Å². The molecule has 0 aliphatic rings. The van der Waals surface area contributed by atoms with Crippen LogP contribution in [0.4, 0.5) is 0 Å². The first-order valence-electron chi connectivity index (χ1n) is 8.27. The summed E-state index contributed by atoms with van der Waals surface area (Å²) in [5, 5.41) is 8.52. The molecule has 0 rings (SSSR count). The molecule has 7 heteroatoms. The van der Waals surface area contributed by atoms with Crippen LogP contribution >= 0.6 is 0 Å². The second-order valence-electron chi connectivity index (χ2n) is 5.31. The molecule has 0 aromatic heterocycles. The molecule has 22 heavy (non-hydrogen) atoms. The second kappa shape index (κ2) is 18.2. The van der Waals surface area contributed by atoms with Gasteiger partial charge in [-0.1, -0.05) is 64.7 Å². The summed E-state index contributed by atoms with van der Waals surface area (Å²) in [6.07, 6.45) is 12.2. The summed E-state index contributed by atoms with van der Waals surface area (Å²) in [6, 6.07) is 0. The Labute approximate surface area is 160 Å². The number of aliphatic hydroxyl groups excluding tert-OH is 1. The fourth-order valence-corrected chi connectivity index (χ4v) is 2.72. The molecule has 0 amide bonds. The van der Waals surface area contributed by atoms with Crippen LogP contribution in [0.5, 0.6) is 0 Å². The summed E-state index contributed by atoms with van der Waals surface area (Å²) in [4.78, 5) is 0. The van der Waals surface area contributed by atoms with Gasteiger partial charge in [0.05, 0.1) is 13.2 Å². The Kier molecular flexibility index (Phi) is 20.7. The Balaban J connectivity index is -0.00000200. The maximum atomic E-state index is 11.2. The van der Waals surface area contributed by atoms with Crippen molar-refractivity contribution in [1.29, 1.82) is 0 Å². The molecule has 0 bridgehead atoms. The maximum Gasteiger partial charge on any atom is 1.00 e. The molecule has 1 N–H and O–H groups in total. The first-order valence-corrected chi connectivity index (χ1v) is 9.60. The van der Waals surface area contributed by atoms with E-state index in [2.05, 4.69) is 11.1 Å². The van der Waals surface area contributed by atoms with E-state index >= 15 is 0 Å². The van der Waals surface area contributed by atoms with Crippen molar-refractivity contribution in [3.05, 3.63) is 0 Å². The summed E-state index contributed by atoms with van der Waals surface area (Å²) in [5.41, 5.74) is 0. The molecule has 0 radical (unpaired) electrons. The van der Waals surface area contributed by atoms with Gasteiger partial charge in [0.15, 0.2) is 0 Å². The van der Waals surface area contributed by atoms with E-state index in [1.165, 1.54) is 44.9 Å². The molecule has 0 aromatic carbocycles. The molecule has 0 saturated carbocycles. The predicted octanol–water partition coefficient (Wildman–Crippen LogP) is 0.684. The summed E-state index contributed by atoms with van der Waals surface area (Å²) in [6.45, 7) is 2.28. The van der Waals surface area contributed by atoms with Crippen LogP contribution in [0, 0.1) is 0 Å². The van der Waals surface area contributed by atoms with Crippen LogP contribution in [0.2, 0.25) is 0 Å². The van der Waals surface area contributed by atoms with Crippen LogP contribution in [-0.2, 0) is 18.8 Å². The zero-order chi connectivity index (χ0) is 15.8. The summed E-state index contributed by atoms with van der Waals surface area (Å²) in [5.74, 6) is 0. The standard InChI is InChI=1S/C15H32O5S.Na.H/c1-2-3-4-5-6-7-8-9-10-11-14-19-21(17,18)20-15-12-13-16;;/h16H,2-15H2,1H3;;/q;+1;-1. The quantitative estimate of drug-likeness (QED) is 0.328. The van der Waals surface area contributed by atoms with E-state index in [1.807, 2.05) is 0 Å². The molecule has 130 valence electrons. The zero-order valence-electron chi connectivity index (χ0n) is 15.4. The fourth-order valence-electron chi connectivity index (χ4n) is 2.01. The van der Waals surface area contributed by atoms with Crippen molar-refractivity contribution in [3.8, 4) is 0 Å². The van der Waals surface area contributed by atoms with E-state index in [0.717, 1.165) is 19.3 Å². The molecule has 0 aromatic rings. The van der Waals surface area contributed by atoms with Crippen LogP contribution in [0.1, 0.15) is 79.0 Å². The minimum absolute atomic E-state index is 0. The average Bonchev–Trinajstić information content (AvgIpc) is 2.45. The first-order chi connectivity index (χ1) is 10.1. The summed E-state index contributed by atoms with van der Waals surface area (Å²) in [7, 11) is -3.88. The molecule has 0 unspecified atom stereocenters. The third kappa shape index (κ3) is 18.9. The normalized spacial score (nSPS) is 11.4. The molecular weight excluding hydrogens is 315 g/mol. The Morgan fingerprint density at radius 1 is 0.773 bits per heavy atom. The van der Waals surface area contributed by atoms with Crippen molar-refractivity contribution in [2.24, 2.45) is 0 Å². The third-order valence-electron chi connectivity index (χ3n) is 3.26. The van der Waals surface area contributed by atoms with Crippen LogP contribution in [0.25, 0.3) is 0 Å². The molecular formula is C15H33NaO5S. The fraction of sp³-hybridized carbons (Fsp3) is 1.00. The van der Waals surface area contributed by atoms with Crippen molar-refractivity contribution in [3.63, 3.8) is 0 Å². The van der Waals surface area contributed by atoms with Gasteiger partial charge in [0, 0.05) is 6.61 Å². The Morgan fingerprint density at radius 2 is 1.18 bits per heavy atom. The zero-order valence-corrected chi connectivity index (χ0v) is 17.2. The minimum Gasteiger partial charge on any atom is -1.00 e. The summed E-state index contributed by atoms with van der Waals surface area (Å²) >= 11 is 0. The van der Waals surface area contributed by atoms with Gasteiger partial charge in [-0.2, -0.15) is 8.42 Å². The summed E-state index contributed by atoms with van der Waals surface area (Å²) < 4.78 is 31.7. The molecule has 0 spiro atoms. The van der Waals surface area contributed by atoms with E-state index in [1.54, 1.807) is 0 Å². The Hall–Kier alpha value is 0.830. The van der Waals surface area contributed by atoms with Gasteiger partial charge in [0.2, 0.25) is 0 Å². The van der Waals surface area contributed by atoms with Gasteiger partial charge in [0.1, 0.15) is 0 Å². The number of hydrogen-bond acceptors (Lipinski definition) is 5. The monoisotopic (exact) mass is 348 g/mol. The van der Waals surface area contributed by atoms with E-state index < -0.39 is 10.4 Å². The molecule has 0 aliphatic carbocycles. The third-order valence-corrected chi connectivity index (χ3v) is 4.17. The van der Waals surface area contributed by atoms with Crippen molar-refractivity contribution in [2.75, 3.05) is 19.8 Å². The molecule has 0 aliphatic heterocycles. The number of aliphatic hydroxyl groups is 1. The largest absolute Gasteiger partial charge is 1.00 e.